The van der Waals surface area contributed by atoms with Gasteiger partial charge in [-0.3, -0.25) is 0 Å². The summed E-state index contributed by atoms with van der Waals surface area (Å²) >= 11 is 2.43. The van der Waals surface area contributed by atoms with Gasteiger partial charge in [0.25, 0.3) is 0 Å². The average molecular weight is 212 g/mol. The van der Waals surface area contributed by atoms with E-state index in [1.54, 1.807) is 0 Å². The lowest BCUT2D eigenvalue weighted by Crippen LogP contribution is -1.90. The van der Waals surface area contributed by atoms with Gasteiger partial charge < -0.3 is 0 Å². The van der Waals surface area contributed by atoms with Crippen molar-refractivity contribution in [3.8, 4) is 0 Å². The molecule has 1 unspecified atom stereocenters. The van der Waals surface area contributed by atoms with Crippen molar-refractivity contribution in [1.29, 1.82) is 0 Å². The Labute approximate surface area is 59.8 Å². The molecule has 0 spiro atoms. The maximum Gasteiger partial charge on any atom is -0.000219 e. The van der Waals surface area contributed by atoms with Crippen LogP contribution in [0.1, 0.15) is 26.7 Å². The van der Waals surface area contributed by atoms with Crippen LogP contribution in [0.4, 0.5) is 0 Å². The summed E-state index contributed by atoms with van der Waals surface area (Å²) in [5.41, 5.74) is 0. The van der Waals surface area contributed by atoms with E-state index in [1.807, 2.05) is 0 Å². The van der Waals surface area contributed by atoms with Crippen molar-refractivity contribution in [3.63, 3.8) is 0 Å². The quantitative estimate of drug-likeness (QED) is 0.498. The molecule has 0 aliphatic carbocycles. The van der Waals surface area contributed by atoms with Crippen LogP contribution in [0.5, 0.6) is 0 Å². The van der Waals surface area contributed by atoms with E-state index in [0.717, 1.165) is 5.92 Å². The number of hydrogen-bond acceptors (Lipinski definition) is 0. The first-order chi connectivity index (χ1) is 3.31. The molecule has 0 aliphatic heterocycles. The van der Waals surface area contributed by atoms with Crippen molar-refractivity contribution in [2.45, 2.75) is 26.7 Å². The smallest absolute Gasteiger partial charge is 0.000219 e. The zero-order chi connectivity index (χ0) is 5.70. The molecule has 0 radical (unpaired) electrons. The molecule has 0 aliphatic rings. The lowest BCUT2D eigenvalue weighted by Gasteiger charge is -2.01. The average Bonchev–Trinajstić information content (AvgIpc) is 1.68. The molecule has 0 fully saturated rings. The second-order valence-electron chi connectivity index (χ2n) is 1.99. The minimum absolute atomic E-state index is 0.942. The summed E-state index contributed by atoms with van der Waals surface area (Å²) < 4.78 is 1.31. The first-order valence-electron chi connectivity index (χ1n) is 2.87. The lowest BCUT2D eigenvalue weighted by atomic mass is 10.1. The zero-order valence-corrected chi connectivity index (χ0v) is 7.23. The first kappa shape index (κ1) is 7.73. The van der Waals surface area contributed by atoms with Crippen LogP contribution in [0.2, 0.25) is 0 Å². The number of halogens is 1. The Balaban J connectivity index is 2.83. The third-order valence-electron chi connectivity index (χ3n) is 1.30. The summed E-state index contributed by atoms with van der Waals surface area (Å²) in [7, 11) is 0. The molecular formula is C6H13I. The largest absolute Gasteiger partial charge is 0.0864 e. The van der Waals surface area contributed by atoms with Crippen molar-refractivity contribution in [2.24, 2.45) is 5.92 Å². The van der Waals surface area contributed by atoms with Gasteiger partial charge in [-0.15, -0.1) is 0 Å². The Morgan fingerprint density at radius 3 is 2.29 bits per heavy atom. The van der Waals surface area contributed by atoms with Crippen LogP contribution >= 0.6 is 22.6 Å². The minimum Gasteiger partial charge on any atom is -0.0864 e. The van der Waals surface area contributed by atoms with Crippen LogP contribution in [-0.2, 0) is 0 Å². The normalized spacial score (nSPS) is 14.1. The van der Waals surface area contributed by atoms with Crippen molar-refractivity contribution >= 4 is 22.6 Å². The van der Waals surface area contributed by atoms with Crippen LogP contribution in [0.25, 0.3) is 0 Å². The highest BCUT2D eigenvalue weighted by molar-refractivity contribution is 14.1. The second kappa shape index (κ2) is 4.88. The molecule has 1 atom stereocenters. The highest BCUT2D eigenvalue weighted by Crippen LogP contribution is 2.07. The monoisotopic (exact) mass is 212 g/mol. The molecular weight excluding hydrogens is 199 g/mol. The fraction of sp³-hybridized carbons (Fsp3) is 1.00. The summed E-state index contributed by atoms with van der Waals surface area (Å²) in [6, 6.07) is 0. The fourth-order valence-electron chi connectivity index (χ4n) is 0.390. The predicted octanol–water partition coefficient (Wildman–Crippen LogP) is 2.86. The fourth-order valence-corrected chi connectivity index (χ4v) is 1.45. The standard InChI is InChI=1S/C6H13I/c1-3-6(2)4-5-7/h6H,3-5H2,1-2H3. The molecule has 1 heteroatoms. The Morgan fingerprint density at radius 1 is 1.57 bits per heavy atom. The molecule has 0 N–H and O–H groups in total. The highest BCUT2D eigenvalue weighted by Gasteiger charge is 1.93. The Hall–Kier alpha value is 0.730. The van der Waals surface area contributed by atoms with Crippen molar-refractivity contribution in [3.05, 3.63) is 0 Å². The number of hydrogen-bond donors (Lipinski definition) is 0. The van der Waals surface area contributed by atoms with E-state index in [0.29, 0.717) is 0 Å². The van der Waals surface area contributed by atoms with E-state index in [2.05, 4.69) is 36.4 Å². The van der Waals surface area contributed by atoms with Crippen molar-refractivity contribution < 1.29 is 0 Å². The predicted molar refractivity (Wildman–Crippen MR) is 43.0 cm³/mol. The lowest BCUT2D eigenvalue weighted by molar-refractivity contribution is 0.552. The van der Waals surface area contributed by atoms with Crippen molar-refractivity contribution in [1.82, 2.24) is 0 Å². The van der Waals surface area contributed by atoms with Crippen LogP contribution in [0, 0.1) is 5.92 Å². The van der Waals surface area contributed by atoms with Gasteiger partial charge in [0.15, 0.2) is 0 Å². The molecule has 0 bridgehead atoms. The van der Waals surface area contributed by atoms with Crippen LogP contribution < -0.4 is 0 Å². The maximum absolute atomic E-state index is 2.43. The number of alkyl halides is 1. The first-order valence-corrected chi connectivity index (χ1v) is 4.39. The molecule has 7 heavy (non-hydrogen) atoms. The van der Waals surface area contributed by atoms with E-state index in [-0.39, 0.29) is 0 Å². The number of rotatable bonds is 3. The highest BCUT2D eigenvalue weighted by atomic mass is 127. The maximum atomic E-state index is 2.43. The van der Waals surface area contributed by atoms with E-state index in [9.17, 15) is 0 Å². The Bertz CT molecular complexity index is 35.2. The van der Waals surface area contributed by atoms with Gasteiger partial charge in [-0.1, -0.05) is 42.9 Å². The minimum atomic E-state index is 0.942. The summed E-state index contributed by atoms with van der Waals surface area (Å²) in [5.74, 6) is 0.942. The summed E-state index contributed by atoms with van der Waals surface area (Å²) in [5, 5.41) is 0. The van der Waals surface area contributed by atoms with Crippen LogP contribution in [0.15, 0.2) is 0 Å². The molecule has 0 nitrogen and oxygen atoms in total. The third kappa shape index (κ3) is 4.59. The second-order valence-corrected chi connectivity index (χ2v) is 3.07. The van der Waals surface area contributed by atoms with Crippen LogP contribution in [-0.4, -0.2) is 4.43 Å². The summed E-state index contributed by atoms with van der Waals surface area (Å²) in [4.78, 5) is 0. The topological polar surface area (TPSA) is 0 Å². The Morgan fingerprint density at radius 2 is 2.14 bits per heavy atom. The molecule has 44 valence electrons. The SMILES string of the molecule is CCC(C)CCI. The van der Waals surface area contributed by atoms with E-state index < -0.39 is 0 Å². The van der Waals surface area contributed by atoms with Gasteiger partial charge in [-0.25, -0.2) is 0 Å². The molecule has 0 heterocycles. The van der Waals surface area contributed by atoms with Gasteiger partial charge in [-0.05, 0) is 16.8 Å². The molecule has 0 rings (SSSR count). The van der Waals surface area contributed by atoms with Gasteiger partial charge >= 0.3 is 0 Å². The van der Waals surface area contributed by atoms with Crippen molar-refractivity contribution in [2.75, 3.05) is 4.43 Å². The molecule has 0 saturated heterocycles. The molecule has 0 aromatic carbocycles. The van der Waals surface area contributed by atoms with Gasteiger partial charge in [0.05, 0.1) is 0 Å². The summed E-state index contributed by atoms with van der Waals surface area (Å²) in [6.07, 6.45) is 2.72. The molecule has 0 aromatic rings. The molecule has 0 saturated carbocycles. The van der Waals surface area contributed by atoms with Gasteiger partial charge in [0.1, 0.15) is 0 Å². The van der Waals surface area contributed by atoms with Gasteiger partial charge in [0, 0.05) is 0 Å². The van der Waals surface area contributed by atoms with Crippen LogP contribution in [0.3, 0.4) is 0 Å². The van der Waals surface area contributed by atoms with E-state index in [4.69, 9.17) is 0 Å². The molecule has 0 amide bonds. The molecule has 0 aromatic heterocycles. The summed E-state index contributed by atoms with van der Waals surface area (Å²) in [6.45, 7) is 4.55. The van der Waals surface area contributed by atoms with E-state index in [1.165, 1.54) is 17.3 Å². The Kier molecular flexibility index (Phi) is 5.39. The van der Waals surface area contributed by atoms with Gasteiger partial charge in [0.2, 0.25) is 0 Å². The van der Waals surface area contributed by atoms with E-state index >= 15 is 0 Å². The zero-order valence-electron chi connectivity index (χ0n) is 5.08. The third-order valence-corrected chi connectivity index (χ3v) is 1.92. The van der Waals surface area contributed by atoms with Gasteiger partial charge in [-0.2, -0.15) is 0 Å².